The highest BCUT2D eigenvalue weighted by Crippen LogP contribution is 2.40. The van der Waals surface area contributed by atoms with Crippen LogP contribution in [0.3, 0.4) is 0 Å². The number of aliphatic hydroxyl groups excluding tert-OH is 1. The summed E-state index contributed by atoms with van der Waals surface area (Å²) in [7, 11) is 0. The van der Waals surface area contributed by atoms with Crippen molar-refractivity contribution >= 4 is 34.4 Å². The van der Waals surface area contributed by atoms with Crippen LogP contribution in [0, 0.1) is 0 Å². The smallest absolute Gasteiger partial charge is 0.310 e. The summed E-state index contributed by atoms with van der Waals surface area (Å²) in [5.74, 6) is -0.107. The van der Waals surface area contributed by atoms with E-state index in [-0.39, 0.29) is 30.1 Å². The standard InChI is InChI=1S/C20H21ClN4O4/c1-20(11-26)14(28-16(27)9-12-5-3-2-4-6-12)10-15(29-20)25-8-7-13-17(22)23-19(21)24-18(13)25/h2-8,14-15,26H,9-11H2,1H3,(H2,22,23,24)/t14-,15+,20+/m0/s1. The summed E-state index contributed by atoms with van der Waals surface area (Å²) in [4.78, 5) is 20.6. The van der Waals surface area contributed by atoms with Gasteiger partial charge in [0.25, 0.3) is 0 Å². The summed E-state index contributed by atoms with van der Waals surface area (Å²) in [5.41, 5.74) is 6.25. The third kappa shape index (κ3) is 3.78. The molecule has 0 amide bonds. The molecule has 1 aromatic carbocycles. The lowest BCUT2D eigenvalue weighted by Crippen LogP contribution is -2.42. The number of halogens is 1. The number of esters is 1. The number of aromatic nitrogens is 3. The van der Waals surface area contributed by atoms with Crippen molar-refractivity contribution in [2.75, 3.05) is 12.3 Å². The van der Waals surface area contributed by atoms with E-state index in [1.165, 1.54) is 0 Å². The van der Waals surface area contributed by atoms with Gasteiger partial charge >= 0.3 is 5.97 Å². The summed E-state index contributed by atoms with van der Waals surface area (Å²) >= 11 is 5.95. The zero-order valence-corrected chi connectivity index (χ0v) is 16.5. The second kappa shape index (κ2) is 7.62. The summed E-state index contributed by atoms with van der Waals surface area (Å²) in [5, 5.41) is 10.6. The third-order valence-corrected chi connectivity index (χ3v) is 5.33. The Morgan fingerprint density at radius 3 is 2.86 bits per heavy atom. The Morgan fingerprint density at radius 2 is 2.14 bits per heavy atom. The first-order valence-electron chi connectivity index (χ1n) is 9.21. The Kier molecular flexibility index (Phi) is 5.16. The molecule has 2 aromatic heterocycles. The molecule has 8 nitrogen and oxygen atoms in total. The van der Waals surface area contributed by atoms with Crippen LogP contribution >= 0.6 is 11.6 Å². The maximum atomic E-state index is 12.4. The molecule has 152 valence electrons. The van der Waals surface area contributed by atoms with Gasteiger partial charge in [0.1, 0.15) is 29.4 Å². The molecular formula is C20H21ClN4O4. The summed E-state index contributed by atoms with van der Waals surface area (Å²) in [6.07, 6.45) is 1.13. The predicted octanol–water partition coefficient (Wildman–Crippen LogP) is 2.49. The average Bonchev–Trinajstić information content (AvgIpc) is 3.24. The number of hydrogen-bond donors (Lipinski definition) is 2. The van der Waals surface area contributed by atoms with Crippen LogP contribution in [-0.2, 0) is 20.7 Å². The minimum Gasteiger partial charge on any atom is -0.459 e. The van der Waals surface area contributed by atoms with Gasteiger partial charge < -0.3 is 24.9 Å². The lowest BCUT2D eigenvalue weighted by atomic mass is 10.00. The number of aliphatic hydroxyl groups is 1. The van der Waals surface area contributed by atoms with E-state index >= 15 is 0 Å². The Bertz CT molecular complexity index is 1040. The van der Waals surface area contributed by atoms with E-state index in [1.54, 1.807) is 23.8 Å². The van der Waals surface area contributed by atoms with Gasteiger partial charge in [-0.15, -0.1) is 0 Å². The molecule has 0 aliphatic carbocycles. The number of hydrogen-bond acceptors (Lipinski definition) is 7. The SMILES string of the molecule is C[C@]1(CO)O[C@@H](n2ccc3c(N)nc(Cl)nc32)C[C@@H]1OC(=O)Cc1ccccc1. The van der Waals surface area contributed by atoms with Crippen molar-refractivity contribution < 1.29 is 19.4 Å². The molecule has 0 saturated carbocycles. The molecule has 29 heavy (non-hydrogen) atoms. The Morgan fingerprint density at radius 1 is 1.38 bits per heavy atom. The molecule has 0 unspecified atom stereocenters. The predicted molar refractivity (Wildman–Crippen MR) is 107 cm³/mol. The number of carbonyl (C=O) groups is 1. The first-order valence-corrected chi connectivity index (χ1v) is 9.59. The molecule has 1 fully saturated rings. The van der Waals surface area contributed by atoms with Crippen LogP contribution in [-0.4, -0.2) is 43.9 Å². The van der Waals surface area contributed by atoms with Crippen molar-refractivity contribution in [1.82, 2.24) is 14.5 Å². The monoisotopic (exact) mass is 416 g/mol. The van der Waals surface area contributed by atoms with Crippen LogP contribution < -0.4 is 5.73 Å². The van der Waals surface area contributed by atoms with Gasteiger partial charge in [-0.3, -0.25) is 4.79 Å². The third-order valence-electron chi connectivity index (χ3n) is 5.17. The van der Waals surface area contributed by atoms with E-state index in [4.69, 9.17) is 26.8 Å². The highest BCUT2D eigenvalue weighted by Gasteiger charge is 2.48. The van der Waals surface area contributed by atoms with E-state index in [0.717, 1.165) is 5.56 Å². The topological polar surface area (TPSA) is 112 Å². The maximum Gasteiger partial charge on any atom is 0.310 e. The molecule has 4 rings (SSSR count). The van der Waals surface area contributed by atoms with Crippen LogP contribution in [0.4, 0.5) is 5.82 Å². The number of fused-ring (bicyclic) bond motifs is 1. The van der Waals surface area contributed by atoms with Gasteiger partial charge in [-0.25, -0.2) is 4.98 Å². The molecule has 3 aromatic rings. The number of rotatable bonds is 5. The van der Waals surface area contributed by atoms with Crippen molar-refractivity contribution in [1.29, 1.82) is 0 Å². The highest BCUT2D eigenvalue weighted by atomic mass is 35.5. The highest BCUT2D eigenvalue weighted by molar-refractivity contribution is 6.28. The number of anilines is 1. The molecule has 3 N–H and O–H groups in total. The number of nitrogens with two attached hydrogens (primary N) is 1. The van der Waals surface area contributed by atoms with E-state index in [1.807, 2.05) is 30.3 Å². The Hall–Kier alpha value is -2.68. The van der Waals surface area contributed by atoms with Gasteiger partial charge in [0.15, 0.2) is 0 Å². The second-order valence-electron chi connectivity index (χ2n) is 7.26. The largest absolute Gasteiger partial charge is 0.459 e. The number of ether oxygens (including phenoxy) is 2. The molecule has 1 aliphatic rings. The van der Waals surface area contributed by atoms with Crippen molar-refractivity contribution in [2.45, 2.75) is 37.7 Å². The van der Waals surface area contributed by atoms with Gasteiger partial charge in [-0.05, 0) is 30.2 Å². The molecule has 9 heteroatoms. The Balaban J connectivity index is 1.55. The zero-order chi connectivity index (χ0) is 20.6. The maximum absolute atomic E-state index is 12.4. The molecule has 0 spiro atoms. The van der Waals surface area contributed by atoms with E-state index in [0.29, 0.717) is 17.5 Å². The summed E-state index contributed by atoms with van der Waals surface area (Å²) < 4.78 is 13.5. The fourth-order valence-electron chi connectivity index (χ4n) is 3.57. The fourth-order valence-corrected chi connectivity index (χ4v) is 3.74. The van der Waals surface area contributed by atoms with E-state index in [9.17, 15) is 9.90 Å². The fraction of sp³-hybridized carbons (Fsp3) is 0.350. The van der Waals surface area contributed by atoms with Crippen LogP contribution in [0.2, 0.25) is 5.28 Å². The first kappa shape index (κ1) is 19.6. The van der Waals surface area contributed by atoms with Gasteiger partial charge in [0.05, 0.1) is 18.4 Å². The second-order valence-corrected chi connectivity index (χ2v) is 7.60. The van der Waals surface area contributed by atoms with Crippen LogP contribution in [0.15, 0.2) is 42.6 Å². The lowest BCUT2D eigenvalue weighted by Gasteiger charge is -2.28. The summed E-state index contributed by atoms with van der Waals surface area (Å²) in [6.45, 7) is 1.42. The van der Waals surface area contributed by atoms with Crippen LogP contribution in [0.25, 0.3) is 11.0 Å². The molecular weight excluding hydrogens is 396 g/mol. The van der Waals surface area contributed by atoms with Gasteiger partial charge in [-0.1, -0.05) is 30.3 Å². The van der Waals surface area contributed by atoms with Crippen LogP contribution in [0.1, 0.15) is 25.1 Å². The normalized spacial score (nSPS) is 24.1. The molecule has 3 heterocycles. The molecule has 1 saturated heterocycles. The first-order chi connectivity index (χ1) is 13.9. The molecule has 1 aliphatic heterocycles. The quantitative estimate of drug-likeness (QED) is 0.485. The zero-order valence-electron chi connectivity index (χ0n) is 15.8. The molecule has 0 bridgehead atoms. The minimum absolute atomic E-state index is 0.0312. The van der Waals surface area contributed by atoms with Crippen molar-refractivity contribution in [3.63, 3.8) is 0 Å². The van der Waals surface area contributed by atoms with Gasteiger partial charge in [0, 0.05) is 12.6 Å². The number of benzene rings is 1. The number of nitrogen functional groups attached to an aromatic ring is 1. The summed E-state index contributed by atoms with van der Waals surface area (Å²) in [6, 6.07) is 11.1. The lowest BCUT2D eigenvalue weighted by molar-refractivity contribution is -0.163. The van der Waals surface area contributed by atoms with Crippen molar-refractivity contribution in [3.05, 3.63) is 53.4 Å². The number of nitrogens with zero attached hydrogens (tertiary/aromatic N) is 3. The van der Waals surface area contributed by atoms with Gasteiger partial charge in [-0.2, -0.15) is 4.98 Å². The Labute approximate surface area is 172 Å². The van der Waals surface area contributed by atoms with Gasteiger partial charge in [0.2, 0.25) is 5.28 Å². The van der Waals surface area contributed by atoms with E-state index < -0.39 is 17.9 Å². The van der Waals surface area contributed by atoms with Crippen molar-refractivity contribution in [3.8, 4) is 0 Å². The van der Waals surface area contributed by atoms with Crippen molar-refractivity contribution in [2.24, 2.45) is 0 Å². The molecule has 0 radical (unpaired) electrons. The average molecular weight is 417 g/mol. The number of carbonyl (C=O) groups excluding carboxylic acids is 1. The van der Waals surface area contributed by atoms with Crippen LogP contribution in [0.5, 0.6) is 0 Å². The van der Waals surface area contributed by atoms with E-state index in [2.05, 4.69) is 9.97 Å². The molecule has 3 atom stereocenters. The minimum atomic E-state index is -1.05.